The maximum atomic E-state index is 13.2. The number of alkyl halides is 3. The fourth-order valence-corrected chi connectivity index (χ4v) is 3.52. The Morgan fingerprint density at radius 3 is 2.59 bits per heavy atom. The quantitative estimate of drug-likeness (QED) is 0.440. The van der Waals surface area contributed by atoms with Crippen LogP contribution in [-0.4, -0.2) is 62.5 Å². The summed E-state index contributed by atoms with van der Waals surface area (Å²) in [7, 11) is 1.36. The number of esters is 1. The van der Waals surface area contributed by atoms with Crippen molar-refractivity contribution in [1.82, 2.24) is 24.0 Å². The van der Waals surface area contributed by atoms with E-state index in [4.69, 9.17) is 0 Å². The maximum absolute atomic E-state index is 13.2. The Hall–Kier alpha value is -3.60. The van der Waals surface area contributed by atoms with Crippen LogP contribution in [0.1, 0.15) is 20.3 Å². The molecule has 0 aromatic carbocycles. The lowest BCUT2D eigenvalue weighted by Gasteiger charge is -2.36. The summed E-state index contributed by atoms with van der Waals surface area (Å²) in [5.74, 6) is 2.75. The number of rotatable bonds is 6. The van der Waals surface area contributed by atoms with Crippen molar-refractivity contribution in [2.24, 2.45) is 7.05 Å². The van der Waals surface area contributed by atoms with E-state index >= 15 is 0 Å². The van der Waals surface area contributed by atoms with E-state index in [0.717, 1.165) is 9.13 Å². The highest BCUT2D eigenvalue weighted by molar-refractivity contribution is 5.79. The van der Waals surface area contributed by atoms with Gasteiger partial charge in [-0.25, -0.2) is 9.59 Å². The van der Waals surface area contributed by atoms with Gasteiger partial charge < -0.3 is 15.0 Å². The number of anilines is 1. The Morgan fingerprint density at radius 1 is 1.26 bits per heavy atom. The summed E-state index contributed by atoms with van der Waals surface area (Å²) in [5, 5.41) is 2.85. The van der Waals surface area contributed by atoms with Crippen molar-refractivity contribution in [3.63, 3.8) is 0 Å². The molecule has 3 heterocycles. The summed E-state index contributed by atoms with van der Waals surface area (Å²) in [4.78, 5) is 55.1. The molecule has 1 aliphatic rings. The minimum atomic E-state index is -5.19. The molecule has 14 heteroatoms. The van der Waals surface area contributed by atoms with Gasteiger partial charge in [0.25, 0.3) is 5.56 Å². The second kappa shape index (κ2) is 9.72. The summed E-state index contributed by atoms with van der Waals surface area (Å²) in [6.07, 6.45) is -6.46. The van der Waals surface area contributed by atoms with Gasteiger partial charge in [-0.2, -0.15) is 18.2 Å². The topological polar surface area (TPSA) is 120 Å². The normalized spacial score (nSPS) is 16.3. The van der Waals surface area contributed by atoms with Crippen LogP contribution in [0.15, 0.2) is 9.59 Å². The Labute approximate surface area is 191 Å². The van der Waals surface area contributed by atoms with E-state index in [0.29, 0.717) is 6.54 Å². The van der Waals surface area contributed by atoms with Gasteiger partial charge in [-0.15, -0.1) is 5.92 Å². The monoisotopic (exact) mass is 484 g/mol. The summed E-state index contributed by atoms with van der Waals surface area (Å²) in [6.45, 7) is 2.94. The van der Waals surface area contributed by atoms with E-state index in [9.17, 15) is 32.3 Å². The van der Waals surface area contributed by atoms with Crippen LogP contribution < -0.4 is 21.5 Å². The van der Waals surface area contributed by atoms with Gasteiger partial charge in [-0.1, -0.05) is 12.8 Å². The number of aromatic nitrogens is 4. The van der Waals surface area contributed by atoms with Crippen LogP contribution in [0.5, 0.6) is 0 Å². The molecule has 1 fully saturated rings. The number of fused-ring (bicyclic) bond motifs is 1. The van der Waals surface area contributed by atoms with Gasteiger partial charge in [-0.3, -0.25) is 23.3 Å². The van der Waals surface area contributed by atoms with Crippen LogP contribution in [-0.2, 0) is 34.5 Å². The molecule has 1 N–H and O–H groups in total. The molecule has 0 saturated carbocycles. The molecular weight excluding hydrogens is 461 g/mol. The second-order valence-corrected chi connectivity index (χ2v) is 7.48. The molecule has 184 valence electrons. The van der Waals surface area contributed by atoms with Crippen LogP contribution >= 0.6 is 0 Å². The first-order chi connectivity index (χ1) is 16.0. The van der Waals surface area contributed by atoms with Crippen molar-refractivity contribution in [1.29, 1.82) is 0 Å². The van der Waals surface area contributed by atoms with E-state index < -0.39 is 36.2 Å². The minimum Gasteiger partial charge on any atom is -0.433 e. The largest absolute Gasteiger partial charge is 0.491 e. The number of aryl methyl sites for hydroxylation is 1. The predicted molar refractivity (Wildman–Crippen MR) is 114 cm³/mol. The predicted octanol–water partition coefficient (Wildman–Crippen LogP) is -0.260. The molecule has 1 saturated heterocycles. The molecule has 0 amide bonds. The first-order valence-electron chi connectivity index (χ1n) is 10.4. The lowest BCUT2D eigenvalue weighted by atomic mass is 10.3. The van der Waals surface area contributed by atoms with Crippen molar-refractivity contribution in [3.8, 4) is 11.8 Å². The molecule has 1 aliphatic heterocycles. The van der Waals surface area contributed by atoms with Crippen LogP contribution in [0.3, 0.4) is 0 Å². The number of piperazine rings is 1. The SMILES string of the molecule is CC#CCn1c(N2CCNCC2OC(=O)C(F)(F)F)nc2c1c(=O)n(CC(=O)CC)c(=O)n2C. The zero-order valence-corrected chi connectivity index (χ0v) is 18.7. The lowest BCUT2D eigenvalue weighted by molar-refractivity contribution is -0.205. The second-order valence-electron chi connectivity index (χ2n) is 7.48. The number of hydrogen-bond acceptors (Lipinski definition) is 8. The molecule has 0 radical (unpaired) electrons. The highest BCUT2D eigenvalue weighted by Crippen LogP contribution is 2.25. The highest BCUT2D eigenvalue weighted by atomic mass is 19.4. The Morgan fingerprint density at radius 2 is 1.97 bits per heavy atom. The summed E-state index contributed by atoms with van der Waals surface area (Å²) in [6, 6.07) is 0. The lowest BCUT2D eigenvalue weighted by Crippen LogP contribution is -2.55. The van der Waals surface area contributed by atoms with Gasteiger partial charge in [0.05, 0.1) is 19.6 Å². The van der Waals surface area contributed by atoms with Crippen LogP contribution in [0.25, 0.3) is 11.2 Å². The molecule has 2 aromatic heterocycles. The standard InChI is InChI=1S/C20H23F3N6O5/c1-4-6-8-28-14-15(26(3)19(33)29(16(14)31)11-12(30)5-2)25-18(28)27-9-7-24-10-13(27)34-17(32)20(21,22)23/h13,24H,5,7-11H2,1-3H3. The fraction of sp³-hybridized carbons (Fsp3) is 0.550. The molecule has 11 nitrogen and oxygen atoms in total. The van der Waals surface area contributed by atoms with Gasteiger partial charge in [0.15, 0.2) is 23.2 Å². The van der Waals surface area contributed by atoms with Crippen LogP contribution in [0.4, 0.5) is 19.1 Å². The molecule has 3 rings (SSSR count). The minimum absolute atomic E-state index is 0.00546. The van der Waals surface area contributed by atoms with Crippen molar-refractivity contribution >= 4 is 28.9 Å². The van der Waals surface area contributed by atoms with E-state index in [2.05, 4.69) is 26.9 Å². The van der Waals surface area contributed by atoms with Gasteiger partial charge in [0.2, 0.25) is 5.95 Å². The van der Waals surface area contributed by atoms with Gasteiger partial charge in [0, 0.05) is 26.6 Å². The maximum Gasteiger partial charge on any atom is 0.491 e. The summed E-state index contributed by atoms with van der Waals surface area (Å²) < 4.78 is 46.3. The van der Waals surface area contributed by atoms with Crippen molar-refractivity contribution in [2.75, 3.05) is 24.5 Å². The van der Waals surface area contributed by atoms with E-state index in [-0.39, 0.29) is 49.0 Å². The van der Waals surface area contributed by atoms with Crippen LogP contribution in [0, 0.1) is 11.8 Å². The number of imidazole rings is 1. The highest BCUT2D eigenvalue weighted by Gasteiger charge is 2.44. The third kappa shape index (κ3) is 4.69. The Kier molecular flexibility index (Phi) is 7.15. The number of hydrogen-bond donors (Lipinski definition) is 1. The average Bonchev–Trinajstić information content (AvgIpc) is 3.18. The molecule has 1 unspecified atom stereocenters. The number of carbonyl (C=O) groups is 2. The van der Waals surface area contributed by atoms with Crippen molar-refractivity contribution < 1.29 is 27.5 Å². The number of ether oxygens (including phenoxy) is 1. The molecule has 0 bridgehead atoms. The number of Topliss-reactive ketones (excluding diaryl/α,β-unsaturated/α-hetero) is 1. The smallest absolute Gasteiger partial charge is 0.433 e. The number of nitrogens with zero attached hydrogens (tertiary/aromatic N) is 5. The number of carbonyl (C=O) groups excluding carboxylic acids is 2. The molecule has 0 spiro atoms. The molecule has 0 aliphatic carbocycles. The first kappa shape index (κ1) is 25.0. The third-order valence-corrected chi connectivity index (χ3v) is 5.28. The Balaban J connectivity index is 2.22. The number of ketones is 1. The third-order valence-electron chi connectivity index (χ3n) is 5.28. The van der Waals surface area contributed by atoms with Crippen LogP contribution in [0.2, 0.25) is 0 Å². The molecular formula is C20H23F3N6O5. The Bertz CT molecular complexity index is 1300. The van der Waals surface area contributed by atoms with E-state index in [1.54, 1.807) is 13.8 Å². The average molecular weight is 484 g/mol. The summed E-state index contributed by atoms with van der Waals surface area (Å²) in [5.41, 5.74) is -1.64. The zero-order valence-electron chi connectivity index (χ0n) is 18.7. The van der Waals surface area contributed by atoms with E-state index in [1.165, 1.54) is 16.5 Å². The van der Waals surface area contributed by atoms with Gasteiger partial charge >= 0.3 is 17.8 Å². The first-order valence-corrected chi connectivity index (χ1v) is 10.4. The molecule has 34 heavy (non-hydrogen) atoms. The zero-order chi connectivity index (χ0) is 25.2. The number of halogens is 3. The fourth-order valence-electron chi connectivity index (χ4n) is 3.52. The van der Waals surface area contributed by atoms with Gasteiger partial charge in [-0.05, 0) is 6.92 Å². The van der Waals surface area contributed by atoms with Gasteiger partial charge in [0.1, 0.15) is 0 Å². The van der Waals surface area contributed by atoms with Crippen molar-refractivity contribution in [2.45, 2.75) is 45.8 Å². The molecule has 2 aromatic rings. The van der Waals surface area contributed by atoms with Crippen molar-refractivity contribution in [3.05, 3.63) is 20.8 Å². The summed E-state index contributed by atoms with van der Waals surface area (Å²) >= 11 is 0. The van der Waals surface area contributed by atoms with E-state index in [1.807, 2.05) is 0 Å². The molecule has 1 atom stereocenters. The number of nitrogens with one attached hydrogen (secondary N) is 1.